The lowest BCUT2D eigenvalue weighted by atomic mass is 10.1. The molecule has 0 saturated carbocycles. The first kappa shape index (κ1) is 15.3. The molecule has 1 N–H and O–H groups in total. The number of hydrogen-bond acceptors (Lipinski definition) is 3. The molecular formula is C16H21BrN2O. The highest BCUT2D eigenvalue weighted by molar-refractivity contribution is 9.10. The van der Waals surface area contributed by atoms with Crippen LogP contribution in [0.3, 0.4) is 0 Å². The van der Waals surface area contributed by atoms with Crippen molar-refractivity contribution in [1.29, 1.82) is 0 Å². The Kier molecular flexibility index (Phi) is 4.66. The lowest BCUT2D eigenvalue weighted by Gasteiger charge is -2.19. The molecular weight excluding hydrogens is 316 g/mol. The van der Waals surface area contributed by atoms with E-state index in [0.29, 0.717) is 0 Å². The van der Waals surface area contributed by atoms with Crippen molar-refractivity contribution in [2.24, 2.45) is 0 Å². The summed E-state index contributed by atoms with van der Waals surface area (Å²) in [4.78, 5) is 4.35. The van der Waals surface area contributed by atoms with Crippen LogP contribution in [0.25, 0.3) is 11.3 Å². The molecule has 4 heteroatoms. The Hall–Kier alpha value is -1.13. The second kappa shape index (κ2) is 6.10. The molecule has 0 amide bonds. The largest absolute Gasteiger partial charge is 0.441 e. The maximum atomic E-state index is 5.82. The highest BCUT2D eigenvalue weighted by Gasteiger charge is 2.11. The molecule has 1 aromatic heterocycles. The molecule has 108 valence electrons. The molecule has 3 nitrogen and oxygen atoms in total. The fraction of sp³-hybridized carbons (Fsp3) is 0.438. The third-order valence-corrected chi connectivity index (χ3v) is 3.33. The summed E-state index contributed by atoms with van der Waals surface area (Å²) in [5.41, 5.74) is 2.37. The summed E-state index contributed by atoms with van der Waals surface area (Å²) in [6.45, 7) is 9.38. The van der Waals surface area contributed by atoms with Crippen LogP contribution in [0.2, 0.25) is 0 Å². The first-order chi connectivity index (χ1) is 9.33. The molecule has 1 aromatic carbocycles. The summed E-state index contributed by atoms with van der Waals surface area (Å²) >= 11 is 3.51. The van der Waals surface area contributed by atoms with Gasteiger partial charge < -0.3 is 9.73 Å². The Bertz CT molecular complexity index is 564. The monoisotopic (exact) mass is 336 g/mol. The quantitative estimate of drug-likeness (QED) is 0.902. The van der Waals surface area contributed by atoms with Gasteiger partial charge in [-0.3, -0.25) is 0 Å². The number of halogens is 1. The van der Waals surface area contributed by atoms with Gasteiger partial charge in [-0.25, -0.2) is 4.98 Å². The fourth-order valence-electron chi connectivity index (χ4n) is 1.98. The number of nitrogens with zero attached hydrogens (tertiary/aromatic N) is 1. The lowest BCUT2D eigenvalue weighted by Crippen LogP contribution is -2.37. The summed E-state index contributed by atoms with van der Waals surface area (Å²) in [7, 11) is 0. The average Bonchev–Trinajstić information content (AvgIpc) is 2.74. The third-order valence-electron chi connectivity index (χ3n) is 2.87. The molecule has 0 atom stereocenters. The van der Waals surface area contributed by atoms with E-state index in [9.17, 15) is 0 Å². The average molecular weight is 337 g/mol. The van der Waals surface area contributed by atoms with Gasteiger partial charge in [-0.1, -0.05) is 15.9 Å². The van der Waals surface area contributed by atoms with Crippen LogP contribution in [-0.4, -0.2) is 17.1 Å². The van der Waals surface area contributed by atoms with Gasteiger partial charge in [0.25, 0.3) is 0 Å². The molecule has 0 aliphatic heterocycles. The molecule has 20 heavy (non-hydrogen) atoms. The van der Waals surface area contributed by atoms with E-state index >= 15 is 0 Å². The van der Waals surface area contributed by atoms with Crippen LogP contribution in [0.1, 0.15) is 32.2 Å². The topological polar surface area (TPSA) is 38.1 Å². The lowest BCUT2D eigenvalue weighted by molar-refractivity contribution is 0.412. The van der Waals surface area contributed by atoms with Crippen molar-refractivity contribution < 1.29 is 4.42 Å². The predicted octanol–water partition coefficient (Wildman–Crippen LogP) is 4.34. The van der Waals surface area contributed by atoms with E-state index in [4.69, 9.17) is 4.42 Å². The zero-order chi connectivity index (χ0) is 14.8. The number of benzene rings is 1. The van der Waals surface area contributed by atoms with Gasteiger partial charge in [0, 0.05) is 28.5 Å². The number of oxazole rings is 1. The van der Waals surface area contributed by atoms with Crippen LogP contribution >= 0.6 is 15.9 Å². The molecule has 0 fully saturated rings. The van der Waals surface area contributed by atoms with E-state index in [-0.39, 0.29) is 5.54 Å². The van der Waals surface area contributed by atoms with Gasteiger partial charge in [0.15, 0.2) is 11.7 Å². The van der Waals surface area contributed by atoms with Crippen LogP contribution in [0, 0.1) is 6.92 Å². The van der Waals surface area contributed by atoms with Gasteiger partial charge in [0.05, 0.1) is 6.20 Å². The minimum Gasteiger partial charge on any atom is -0.441 e. The van der Waals surface area contributed by atoms with E-state index < -0.39 is 0 Å². The Morgan fingerprint density at radius 2 is 2.00 bits per heavy atom. The second-order valence-electron chi connectivity index (χ2n) is 6.06. The van der Waals surface area contributed by atoms with Crippen LogP contribution < -0.4 is 5.32 Å². The van der Waals surface area contributed by atoms with E-state index in [1.54, 1.807) is 6.20 Å². The standard InChI is InChI=1S/C16H21BrN2O/c1-11-7-12(9-13(17)8-11)14-10-18-15(20-14)5-6-19-16(2,3)4/h7-10,19H,5-6H2,1-4H3. The Morgan fingerprint density at radius 1 is 1.25 bits per heavy atom. The maximum Gasteiger partial charge on any atom is 0.196 e. The zero-order valence-corrected chi connectivity index (χ0v) is 14.0. The van der Waals surface area contributed by atoms with Crippen molar-refractivity contribution in [3.05, 3.63) is 40.3 Å². The minimum absolute atomic E-state index is 0.122. The van der Waals surface area contributed by atoms with Crippen molar-refractivity contribution in [3.8, 4) is 11.3 Å². The molecule has 0 saturated heterocycles. The molecule has 2 rings (SSSR count). The van der Waals surface area contributed by atoms with Gasteiger partial charge in [-0.15, -0.1) is 0 Å². The molecule has 0 aliphatic carbocycles. The highest BCUT2D eigenvalue weighted by atomic mass is 79.9. The van der Waals surface area contributed by atoms with Crippen molar-refractivity contribution in [2.75, 3.05) is 6.54 Å². The van der Waals surface area contributed by atoms with Crippen molar-refractivity contribution in [2.45, 2.75) is 39.7 Å². The second-order valence-corrected chi connectivity index (χ2v) is 6.98. The molecule has 0 bridgehead atoms. The van der Waals surface area contributed by atoms with E-state index in [1.807, 2.05) is 6.07 Å². The Morgan fingerprint density at radius 3 is 2.65 bits per heavy atom. The van der Waals surface area contributed by atoms with Crippen molar-refractivity contribution in [1.82, 2.24) is 10.3 Å². The van der Waals surface area contributed by atoms with E-state index in [2.05, 4.69) is 66.1 Å². The number of aryl methyl sites for hydroxylation is 1. The van der Waals surface area contributed by atoms with Gasteiger partial charge in [-0.2, -0.15) is 0 Å². The molecule has 1 heterocycles. The van der Waals surface area contributed by atoms with Gasteiger partial charge >= 0.3 is 0 Å². The predicted molar refractivity (Wildman–Crippen MR) is 85.8 cm³/mol. The third kappa shape index (κ3) is 4.46. The number of nitrogens with one attached hydrogen (secondary N) is 1. The van der Waals surface area contributed by atoms with Gasteiger partial charge in [-0.05, 0) is 51.5 Å². The van der Waals surface area contributed by atoms with Crippen LogP contribution in [0.15, 0.2) is 33.3 Å². The zero-order valence-electron chi connectivity index (χ0n) is 12.5. The molecule has 0 radical (unpaired) electrons. The summed E-state index contributed by atoms with van der Waals surface area (Å²) in [6.07, 6.45) is 2.60. The van der Waals surface area contributed by atoms with Crippen molar-refractivity contribution in [3.63, 3.8) is 0 Å². The first-order valence-electron chi connectivity index (χ1n) is 6.81. The molecule has 0 spiro atoms. The van der Waals surface area contributed by atoms with E-state index in [0.717, 1.165) is 34.7 Å². The smallest absolute Gasteiger partial charge is 0.196 e. The van der Waals surface area contributed by atoms with E-state index in [1.165, 1.54) is 5.56 Å². The van der Waals surface area contributed by atoms with Gasteiger partial charge in [0.1, 0.15) is 0 Å². The molecule has 2 aromatic rings. The summed E-state index contributed by atoms with van der Waals surface area (Å²) in [5, 5.41) is 3.43. The summed E-state index contributed by atoms with van der Waals surface area (Å²) in [6, 6.07) is 6.22. The Balaban J connectivity index is 2.05. The van der Waals surface area contributed by atoms with Crippen LogP contribution in [0.4, 0.5) is 0 Å². The normalized spacial score (nSPS) is 11.8. The summed E-state index contributed by atoms with van der Waals surface area (Å²) in [5.74, 6) is 1.59. The molecule has 0 aliphatic rings. The van der Waals surface area contributed by atoms with Crippen LogP contribution in [-0.2, 0) is 6.42 Å². The SMILES string of the molecule is Cc1cc(Br)cc(-c2cnc(CCNC(C)(C)C)o2)c1. The molecule has 0 unspecified atom stereocenters. The highest BCUT2D eigenvalue weighted by Crippen LogP contribution is 2.25. The van der Waals surface area contributed by atoms with Crippen molar-refractivity contribution >= 4 is 15.9 Å². The van der Waals surface area contributed by atoms with Crippen LogP contribution in [0.5, 0.6) is 0 Å². The fourth-order valence-corrected chi connectivity index (χ4v) is 2.59. The Labute approximate surface area is 128 Å². The number of aromatic nitrogens is 1. The first-order valence-corrected chi connectivity index (χ1v) is 7.60. The minimum atomic E-state index is 0.122. The maximum absolute atomic E-state index is 5.82. The number of hydrogen-bond donors (Lipinski definition) is 1. The number of rotatable bonds is 4. The van der Waals surface area contributed by atoms with Gasteiger partial charge in [0.2, 0.25) is 0 Å². The summed E-state index contributed by atoms with van der Waals surface area (Å²) < 4.78 is 6.88.